The fourth-order valence-electron chi connectivity index (χ4n) is 5.45. The van der Waals surface area contributed by atoms with E-state index in [-0.39, 0.29) is 40.5 Å². The van der Waals surface area contributed by atoms with E-state index in [1.54, 1.807) is 13.2 Å². The first-order chi connectivity index (χ1) is 16.4. The van der Waals surface area contributed by atoms with Gasteiger partial charge in [0.25, 0.3) is 0 Å². The van der Waals surface area contributed by atoms with Crippen molar-refractivity contribution in [3.8, 4) is 22.8 Å². The van der Waals surface area contributed by atoms with Gasteiger partial charge in [0.05, 0.1) is 23.7 Å². The molecule has 2 bridgehead atoms. The number of hydrogen-bond acceptors (Lipinski definition) is 7. The number of hydrogen-bond donors (Lipinski definition) is 3. The number of carbonyl (C=O) groups is 1. The number of carboxylic acids is 1. The van der Waals surface area contributed by atoms with Gasteiger partial charge in [0.15, 0.2) is 23.1 Å². The molecule has 0 spiro atoms. The lowest BCUT2D eigenvalue weighted by atomic mass is 9.84. The minimum Gasteiger partial charge on any atom is -0.481 e. The third-order valence-electron chi connectivity index (χ3n) is 6.93. The largest absolute Gasteiger partial charge is 0.481 e. The number of nitrogens with one attached hydrogen (secondary N) is 2. The lowest BCUT2D eigenvalue weighted by Gasteiger charge is -2.29. The van der Waals surface area contributed by atoms with Crippen LogP contribution in [0.4, 0.5) is 14.6 Å². The second-order valence-electron chi connectivity index (χ2n) is 8.95. The molecule has 0 aliphatic heterocycles. The Balaban J connectivity index is 1.50. The Kier molecular flexibility index (Phi) is 4.57. The molecule has 4 atom stereocenters. The molecule has 6 rings (SSSR count). The maximum Gasteiger partial charge on any atom is 0.308 e. The van der Waals surface area contributed by atoms with Crippen LogP contribution in [0.3, 0.4) is 0 Å². The predicted molar refractivity (Wildman–Crippen MR) is 116 cm³/mol. The molecular weight excluding hydrogens is 446 g/mol. The molecule has 4 heterocycles. The first-order valence-electron chi connectivity index (χ1n) is 10.9. The topological polar surface area (TPSA) is 134 Å². The van der Waals surface area contributed by atoms with E-state index in [1.807, 2.05) is 0 Å². The van der Waals surface area contributed by atoms with Crippen molar-refractivity contribution in [2.45, 2.75) is 25.3 Å². The zero-order chi connectivity index (χ0) is 23.6. The van der Waals surface area contributed by atoms with Gasteiger partial charge < -0.3 is 10.4 Å². The zero-order valence-corrected chi connectivity index (χ0v) is 18.0. The average molecular weight is 466 g/mol. The Morgan fingerprint density at radius 1 is 1.24 bits per heavy atom. The number of carboxylic acid groups (broad SMARTS) is 1. The highest BCUT2D eigenvalue weighted by Crippen LogP contribution is 2.49. The number of aliphatic carboxylic acids is 1. The first-order valence-corrected chi connectivity index (χ1v) is 10.9. The first kappa shape index (κ1) is 20.6. The van der Waals surface area contributed by atoms with Crippen molar-refractivity contribution in [3.63, 3.8) is 0 Å². The number of anilines is 1. The number of aromatic nitrogens is 7. The number of H-pyrrole nitrogens is 1. The summed E-state index contributed by atoms with van der Waals surface area (Å²) >= 11 is 0. The molecule has 34 heavy (non-hydrogen) atoms. The van der Waals surface area contributed by atoms with E-state index >= 15 is 4.39 Å². The van der Waals surface area contributed by atoms with Gasteiger partial charge in [-0.25, -0.2) is 23.7 Å². The summed E-state index contributed by atoms with van der Waals surface area (Å²) in [6, 6.07) is 0.800. The van der Waals surface area contributed by atoms with Crippen molar-refractivity contribution in [1.29, 1.82) is 0 Å². The molecule has 2 aliphatic rings. The Labute approximate surface area is 191 Å². The van der Waals surface area contributed by atoms with Gasteiger partial charge in [-0.2, -0.15) is 10.2 Å². The molecule has 3 N–H and O–H groups in total. The van der Waals surface area contributed by atoms with E-state index in [2.05, 4.69) is 35.6 Å². The van der Waals surface area contributed by atoms with E-state index in [1.165, 1.54) is 16.9 Å². The molecule has 12 heteroatoms. The highest BCUT2D eigenvalue weighted by molar-refractivity contribution is 5.89. The fourth-order valence-corrected chi connectivity index (χ4v) is 5.45. The summed E-state index contributed by atoms with van der Waals surface area (Å²) in [5.41, 5.74) is 0.948. The van der Waals surface area contributed by atoms with E-state index in [4.69, 9.17) is 0 Å². The van der Waals surface area contributed by atoms with Gasteiger partial charge >= 0.3 is 5.97 Å². The number of aromatic amines is 1. The van der Waals surface area contributed by atoms with Crippen LogP contribution in [-0.2, 0) is 11.8 Å². The minimum atomic E-state index is -0.895. The number of pyridine rings is 1. The second-order valence-corrected chi connectivity index (χ2v) is 8.95. The van der Waals surface area contributed by atoms with E-state index < -0.39 is 29.6 Å². The van der Waals surface area contributed by atoms with E-state index in [0.29, 0.717) is 10.9 Å². The molecule has 0 aromatic carbocycles. The maximum absolute atomic E-state index is 15.7. The van der Waals surface area contributed by atoms with E-state index in [0.717, 1.165) is 25.5 Å². The lowest BCUT2D eigenvalue weighted by molar-refractivity contribution is -0.143. The summed E-state index contributed by atoms with van der Waals surface area (Å²) in [5, 5.41) is 24.2. The van der Waals surface area contributed by atoms with Crippen LogP contribution in [0.1, 0.15) is 19.3 Å². The van der Waals surface area contributed by atoms with Crippen molar-refractivity contribution in [3.05, 3.63) is 36.3 Å². The summed E-state index contributed by atoms with van der Waals surface area (Å²) < 4.78 is 31.1. The number of aryl methyl sites for hydroxylation is 1. The SMILES string of the molecule is Cn1cc(-c2nc(-c3[nH]nc4ncc(F)cc34)nc(NC3C4CCC(C4)C3C(=O)O)c2F)cn1. The molecular formula is C22H20F2N8O2. The van der Waals surface area contributed by atoms with Crippen LogP contribution in [0, 0.1) is 29.4 Å². The molecule has 2 aliphatic carbocycles. The molecule has 0 radical (unpaired) electrons. The standard InChI is InChI=1S/C22H20F2N8O2/c1-32-8-11(6-26-32)17-15(24)20(27-16-10-3-2-9(4-10)14(16)22(33)34)29-21(28-17)18-13-5-12(23)7-25-19(13)31-30-18/h5-10,14,16H,2-4H2,1H3,(H,33,34)(H,25,30,31)(H,27,28,29). The van der Waals surface area contributed by atoms with Crippen molar-refractivity contribution < 1.29 is 18.7 Å². The number of rotatable bonds is 5. The van der Waals surface area contributed by atoms with Crippen molar-refractivity contribution in [1.82, 2.24) is 34.9 Å². The Bertz CT molecular complexity index is 1430. The lowest BCUT2D eigenvalue weighted by Crippen LogP contribution is -2.39. The van der Waals surface area contributed by atoms with Crippen LogP contribution in [-0.4, -0.2) is 52.0 Å². The highest BCUT2D eigenvalue weighted by atomic mass is 19.1. The van der Waals surface area contributed by atoms with Gasteiger partial charge in [0.2, 0.25) is 0 Å². The quantitative estimate of drug-likeness (QED) is 0.409. The van der Waals surface area contributed by atoms with Crippen LogP contribution >= 0.6 is 0 Å². The Morgan fingerprint density at radius 2 is 2.06 bits per heavy atom. The highest BCUT2D eigenvalue weighted by Gasteiger charge is 2.51. The van der Waals surface area contributed by atoms with Crippen LogP contribution in [0.2, 0.25) is 0 Å². The minimum absolute atomic E-state index is 0.0113. The molecule has 10 nitrogen and oxygen atoms in total. The van der Waals surface area contributed by atoms with Crippen molar-refractivity contribution in [2.75, 3.05) is 5.32 Å². The zero-order valence-electron chi connectivity index (χ0n) is 18.0. The smallest absolute Gasteiger partial charge is 0.308 e. The van der Waals surface area contributed by atoms with Gasteiger partial charge in [0.1, 0.15) is 17.2 Å². The summed E-state index contributed by atoms with van der Waals surface area (Å²) in [7, 11) is 1.70. The molecule has 2 saturated carbocycles. The van der Waals surface area contributed by atoms with Gasteiger partial charge in [0, 0.05) is 24.8 Å². The van der Waals surface area contributed by atoms with Crippen molar-refractivity contribution in [2.24, 2.45) is 24.8 Å². The normalized spacial score (nSPS) is 23.6. The summed E-state index contributed by atoms with van der Waals surface area (Å²) in [5.74, 6) is -2.64. The van der Waals surface area contributed by atoms with Crippen LogP contribution in [0.5, 0.6) is 0 Å². The monoisotopic (exact) mass is 466 g/mol. The maximum atomic E-state index is 15.7. The Morgan fingerprint density at radius 3 is 2.82 bits per heavy atom. The van der Waals surface area contributed by atoms with Gasteiger partial charge in [-0.1, -0.05) is 0 Å². The van der Waals surface area contributed by atoms with Crippen LogP contribution < -0.4 is 5.32 Å². The van der Waals surface area contributed by atoms with Gasteiger partial charge in [-0.15, -0.1) is 0 Å². The predicted octanol–water partition coefficient (Wildman–Crippen LogP) is 3.00. The second kappa shape index (κ2) is 7.54. The van der Waals surface area contributed by atoms with Crippen molar-refractivity contribution >= 4 is 22.8 Å². The molecule has 4 unspecified atom stereocenters. The average Bonchev–Trinajstić information content (AvgIpc) is 3.58. The number of fused-ring (bicyclic) bond motifs is 3. The van der Waals surface area contributed by atoms with E-state index in [9.17, 15) is 14.3 Å². The molecule has 4 aromatic rings. The molecule has 2 fully saturated rings. The molecule has 0 amide bonds. The van der Waals surface area contributed by atoms with Crippen LogP contribution in [0.25, 0.3) is 33.8 Å². The molecule has 0 saturated heterocycles. The Hall–Kier alpha value is -3.96. The molecule has 174 valence electrons. The number of halogens is 2. The number of nitrogens with zero attached hydrogens (tertiary/aromatic N) is 6. The summed E-state index contributed by atoms with van der Waals surface area (Å²) in [4.78, 5) is 24.7. The fraction of sp³-hybridized carbons (Fsp3) is 0.364. The third kappa shape index (κ3) is 3.20. The summed E-state index contributed by atoms with van der Waals surface area (Å²) in [6.07, 6.45) is 6.67. The molecule has 4 aromatic heterocycles. The summed E-state index contributed by atoms with van der Waals surface area (Å²) in [6.45, 7) is 0. The van der Waals surface area contributed by atoms with Gasteiger partial charge in [-0.3, -0.25) is 14.6 Å². The third-order valence-corrected chi connectivity index (χ3v) is 6.93. The van der Waals surface area contributed by atoms with Crippen LogP contribution in [0.15, 0.2) is 24.7 Å². The van der Waals surface area contributed by atoms with Gasteiger partial charge in [-0.05, 0) is 37.2 Å².